The van der Waals surface area contributed by atoms with Crippen molar-refractivity contribution in [3.05, 3.63) is 40.1 Å². The number of thiazole rings is 1. The maximum absolute atomic E-state index is 13.5. The monoisotopic (exact) mass is 256 g/mol. The van der Waals surface area contributed by atoms with Crippen molar-refractivity contribution in [2.45, 2.75) is 13.0 Å². The molecule has 1 heterocycles. The Kier molecular flexibility index (Phi) is 3.23. The van der Waals surface area contributed by atoms with Gasteiger partial charge >= 0.3 is 0 Å². The minimum Gasteiger partial charge on any atom is -0.323 e. The first-order valence-corrected chi connectivity index (χ1v) is 6.00. The van der Waals surface area contributed by atoms with Crippen molar-refractivity contribution in [1.82, 2.24) is 4.98 Å². The lowest BCUT2D eigenvalue weighted by Crippen LogP contribution is -2.04. The highest BCUT2D eigenvalue weighted by Crippen LogP contribution is 2.29. The summed E-state index contributed by atoms with van der Waals surface area (Å²) in [6, 6.07) is 4.28. The van der Waals surface area contributed by atoms with Crippen molar-refractivity contribution >= 4 is 22.9 Å². The summed E-state index contributed by atoms with van der Waals surface area (Å²) in [5.74, 6) is -0.324. The van der Waals surface area contributed by atoms with E-state index in [1.807, 2.05) is 12.3 Å². The van der Waals surface area contributed by atoms with Gasteiger partial charge in [0.2, 0.25) is 0 Å². The maximum atomic E-state index is 13.5. The maximum Gasteiger partial charge on any atom is 0.133 e. The molecule has 0 aliphatic heterocycles. The number of halogens is 2. The molecule has 1 aromatic heterocycles. The van der Waals surface area contributed by atoms with Gasteiger partial charge in [-0.2, -0.15) is 0 Å². The van der Waals surface area contributed by atoms with E-state index in [0.29, 0.717) is 15.6 Å². The van der Waals surface area contributed by atoms with Crippen LogP contribution in [0.5, 0.6) is 0 Å². The quantitative estimate of drug-likeness (QED) is 0.891. The van der Waals surface area contributed by atoms with Gasteiger partial charge in [0.25, 0.3) is 0 Å². The van der Waals surface area contributed by atoms with Gasteiger partial charge in [0.05, 0.1) is 5.69 Å². The van der Waals surface area contributed by atoms with Crippen molar-refractivity contribution in [3.8, 4) is 10.6 Å². The Labute approximate surface area is 102 Å². The third kappa shape index (κ3) is 2.24. The zero-order valence-electron chi connectivity index (χ0n) is 8.58. The van der Waals surface area contributed by atoms with Crippen LogP contribution in [0.4, 0.5) is 4.39 Å². The van der Waals surface area contributed by atoms with Crippen molar-refractivity contribution in [1.29, 1.82) is 0 Å². The Morgan fingerprint density at radius 3 is 2.88 bits per heavy atom. The normalized spacial score (nSPS) is 12.8. The average molecular weight is 257 g/mol. The van der Waals surface area contributed by atoms with Crippen LogP contribution in [0.1, 0.15) is 18.7 Å². The van der Waals surface area contributed by atoms with Crippen molar-refractivity contribution in [2.75, 3.05) is 0 Å². The molecular formula is C11H10ClFN2S. The molecule has 0 saturated heterocycles. The number of nitrogens with two attached hydrogens (primary N) is 1. The Bertz CT molecular complexity index is 510. The second kappa shape index (κ2) is 4.49. The highest BCUT2D eigenvalue weighted by molar-refractivity contribution is 7.13. The number of benzene rings is 1. The lowest BCUT2D eigenvalue weighted by atomic mass is 10.2. The van der Waals surface area contributed by atoms with Crippen LogP contribution in [-0.2, 0) is 0 Å². The van der Waals surface area contributed by atoms with E-state index in [4.69, 9.17) is 17.3 Å². The molecule has 0 radical (unpaired) electrons. The first-order valence-electron chi connectivity index (χ1n) is 4.74. The Morgan fingerprint density at radius 2 is 2.25 bits per heavy atom. The highest BCUT2D eigenvalue weighted by Gasteiger charge is 2.11. The molecule has 2 nitrogen and oxygen atoms in total. The molecule has 0 aliphatic rings. The summed E-state index contributed by atoms with van der Waals surface area (Å²) in [6.07, 6.45) is 0. The Balaban J connectivity index is 2.46. The molecule has 84 valence electrons. The zero-order chi connectivity index (χ0) is 11.7. The fourth-order valence-corrected chi connectivity index (χ4v) is 2.39. The first kappa shape index (κ1) is 11.5. The molecule has 2 N–H and O–H groups in total. The Hall–Kier alpha value is -0.970. The van der Waals surface area contributed by atoms with E-state index in [1.165, 1.54) is 23.5 Å². The summed E-state index contributed by atoms with van der Waals surface area (Å²) in [5.41, 5.74) is 6.88. The molecule has 0 amide bonds. The summed E-state index contributed by atoms with van der Waals surface area (Å²) in [4.78, 5) is 4.28. The van der Waals surface area contributed by atoms with E-state index in [1.54, 1.807) is 6.07 Å². The summed E-state index contributed by atoms with van der Waals surface area (Å²) in [6.45, 7) is 1.84. The smallest absolute Gasteiger partial charge is 0.133 e. The van der Waals surface area contributed by atoms with Crippen molar-refractivity contribution in [3.63, 3.8) is 0 Å². The third-order valence-electron chi connectivity index (χ3n) is 2.15. The molecule has 1 atom stereocenters. The van der Waals surface area contributed by atoms with Gasteiger partial charge in [-0.15, -0.1) is 11.3 Å². The van der Waals surface area contributed by atoms with E-state index in [-0.39, 0.29) is 11.9 Å². The first-order chi connectivity index (χ1) is 7.58. The SMILES string of the molecule is CC(N)c1csc(-c2cc(Cl)ccc2F)n1. The number of hydrogen-bond acceptors (Lipinski definition) is 3. The molecular weight excluding hydrogens is 247 g/mol. The lowest BCUT2D eigenvalue weighted by molar-refractivity contribution is 0.631. The van der Waals surface area contributed by atoms with Gasteiger partial charge in [0, 0.05) is 22.0 Å². The van der Waals surface area contributed by atoms with Crippen LogP contribution < -0.4 is 5.73 Å². The highest BCUT2D eigenvalue weighted by atomic mass is 35.5. The summed E-state index contributed by atoms with van der Waals surface area (Å²) in [7, 11) is 0. The standard InChI is InChI=1S/C11H10ClFN2S/c1-6(14)10-5-16-11(15-10)8-4-7(12)2-3-9(8)13/h2-6H,14H2,1H3. The van der Waals surface area contributed by atoms with E-state index in [0.717, 1.165) is 5.69 Å². The predicted molar refractivity (Wildman–Crippen MR) is 65.1 cm³/mol. The molecule has 2 rings (SSSR count). The molecule has 0 fully saturated rings. The van der Waals surface area contributed by atoms with Crippen LogP contribution in [0, 0.1) is 5.82 Å². The summed E-state index contributed by atoms with van der Waals surface area (Å²) >= 11 is 7.19. The lowest BCUT2D eigenvalue weighted by Gasteiger charge is -2.00. The van der Waals surface area contributed by atoms with Crippen molar-refractivity contribution in [2.24, 2.45) is 5.73 Å². The van der Waals surface area contributed by atoms with Crippen LogP contribution in [0.2, 0.25) is 5.02 Å². The van der Waals surface area contributed by atoms with Gasteiger partial charge in [0.15, 0.2) is 0 Å². The van der Waals surface area contributed by atoms with E-state index in [9.17, 15) is 4.39 Å². The van der Waals surface area contributed by atoms with Gasteiger partial charge in [-0.3, -0.25) is 0 Å². The summed E-state index contributed by atoms with van der Waals surface area (Å²) in [5, 5.41) is 2.93. The molecule has 16 heavy (non-hydrogen) atoms. The van der Waals surface area contributed by atoms with Gasteiger partial charge in [0.1, 0.15) is 10.8 Å². The Morgan fingerprint density at radius 1 is 1.50 bits per heavy atom. The van der Waals surface area contributed by atoms with Crippen LogP contribution in [0.25, 0.3) is 10.6 Å². The summed E-state index contributed by atoms with van der Waals surface area (Å²) < 4.78 is 13.5. The van der Waals surface area contributed by atoms with Crippen LogP contribution in [-0.4, -0.2) is 4.98 Å². The second-order valence-corrected chi connectivity index (χ2v) is 4.78. The van der Waals surface area contributed by atoms with Crippen LogP contribution in [0.3, 0.4) is 0 Å². The van der Waals surface area contributed by atoms with Gasteiger partial charge in [-0.05, 0) is 25.1 Å². The minimum absolute atomic E-state index is 0.146. The molecule has 5 heteroatoms. The zero-order valence-corrected chi connectivity index (χ0v) is 10.1. The molecule has 0 bridgehead atoms. The largest absolute Gasteiger partial charge is 0.323 e. The third-order valence-corrected chi connectivity index (χ3v) is 3.28. The average Bonchev–Trinajstić information content (AvgIpc) is 2.70. The fourth-order valence-electron chi connectivity index (χ4n) is 1.28. The van der Waals surface area contributed by atoms with Crippen LogP contribution in [0.15, 0.2) is 23.6 Å². The number of nitrogens with zero attached hydrogens (tertiary/aromatic N) is 1. The number of aromatic nitrogens is 1. The molecule has 0 spiro atoms. The number of hydrogen-bond donors (Lipinski definition) is 1. The fraction of sp³-hybridized carbons (Fsp3) is 0.182. The predicted octanol–water partition coefficient (Wildman–Crippen LogP) is 3.62. The molecule has 1 aromatic carbocycles. The van der Waals surface area contributed by atoms with Gasteiger partial charge in [-0.1, -0.05) is 11.6 Å². The molecule has 0 aliphatic carbocycles. The number of rotatable bonds is 2. The van der Waals surface area contributed by atoms with E-state index in [2.05, 4.69) is 4.98 Å². The molecule has 1 unspecified atom stereocenters. The van der Waals surface area contributed by atoms with E-state index >= 15 is 0 Å². The van der Waals surface area contributed by atoms with Gasteiger partial charge in [-0.25, -0.2) is 9.37 Å². The van der Waals surface area contributed by atoms with Crippen molar-refractivity contribution < 1.29 is 4.39 Å². The molecule has 2 aromatic rings. The van der Waals surface area contributed by atoms with Crippen LogP contribution >= 0.6 is 22.9 Å². The van der Waals surface area contributed by atoms with E-state index < -0.39 is 0 Å². The van der Waals surface area contributed by atoms with Gasteiger partial charge < -0.3 is 5.73 Å². The molecule has 0 saturated carbocycles. The topological polar surface area (TPSA) is 38.9 Å². The second-order valence-electron chi connectivity index (χ2n) is 3.49. The minimum atomic E-state index is -0.324.